The lowest BCUT2D eigenvalue weighted by molar-refractivity contribution is 0.0958. The van der Waals surface area contributed by atoms with E-state index in [9.17, 15) is 4.79 Å². The number of rotatable bonds is 7. The average molecular weight is 484 g/mol. The Hall–Kier alpha value is -2.32. The third-order valence-electron chi connectivity index (χ3n) is 4.04. The van der Waals surface area contributed by atoms with Crippen LogP contribution in [0, 0.1) is 0 Å². The molecule has 0 saturated carbocycles. The summed E-state index contributed by atoms with van der Waals surface area (Å²) in [6.07, 6.45) is 2.15. The molecular formula is C20H17Cl3N4O2S. The number of hydrogen-bond acceptors (Lipinski definition) is 6. The molecule has 156 valence electrons. The number of halogens is 3. The van der Waals surface area contributed by atoms with E-state index in [1.165, 1.54) is 6.21 Å². The van der Waals surface area contributed by atoms with E-state index in [0.717, 1.165) is 16.9 Å². The predicted octanol–water partition coefficient (Wildman–Crippen LogP) is 5.59. The molecule has 0 spiro atoms. The molecule has 0 atom stereocenters. The molecule has 1 heterocycles. The Labute approximate surface area is 192 Å². The number of anilines is 1. The van der Waals surface area contributed by atoms with Gasteiger partial charge in [-0.3, -0.25) is 4.79 Å². The third kappa shape index (κ3) is 5.43. The first-order valence-electron chi connectivity index (χ1n) is 8.82. The zero-order chi connectivity index (χ0) is 21.7. The maximum Gasteiger partial charge on any atom is 0.283 e. The van der Waals surface area contributed by atoms with Crippen LogP contribution in [-0.2, 0) is 13.0 Å². The quantitative estimate of drug-likeness (QED) is 0.260. The number of thiazole rings is 1. The summed E-state index contributed by atoms with van der Waals surface area (Å²) < 4.78 is 5.73. The standard InChI is InChI=1S/C20H17Cl3N4O2S/c1-2-16-18(30-20(24)26-16)19(28)27-25-9-11-3-5-12(6-4-11)29-10-13-14(21)7-8-15(22)17(13)23/h3-9H,2,10H2,1H3,(H2,24,26)(H,27,28). The van der Waals surface area contributed by atoms with Crippen molar-refractivity contribution in [3.05, 3.63) is 73.2 Å². The van der Waals surface area contributed by atoms with Crippen LogP contribution < -0.4 is 15.9 Å². The van der Waals surface area contributed by atoms with Crippen molar-refractivity contribution >= 4 is 63.4 Å². The fourth-order valence-electron chi connectivity index (χ4n) is 2.51. The van der Waals surface area contributed by atoms with Crippen LogP contribution in [0.4, 0.5) is 5.13 Å². The number of nitrogens with one attached hydrogen (secondary N) is 1. The van der Waals surface area contributed by atoms with Crippen LogP contribution in [0.5, 0.6) is 5.75 Å². The van der Waals surface area contributed by atoms with Crippen LogP contribution in [0.25, 0.3) is 0 Å². The maximum atomic E-state index is 12.2. The number of aromatic nitrogens is 1. The molecule has 1 aromatic heterocycles. The van der Waals surface area contributed by atoms with Gasteiger partial charge in [0, 0.05) is 10.6 Å². The van der Waals surface area contributed by atoms with E-state index in [-0.39, 0.29) is 12.5 Å². The van der Waals surface area contributed by atoms with E-state index in [1.54, 1.807) is 36.4 Å². The number of nitrogens with zero attached hydrogens (tertiary/aromatic N) is 2. The van der Waals surface area contributed by atoms with E-state index in [4.69, 9.17) is 45.3 Å². The number of nitrogens with two attached hydrogens (primary N) is 1. The highest BCUT2D eigenvalue weighted by atomic mass is 35.5. The Bertz CT molecular complexity index is 1080. The number of ether oxygens (including phenoxy) is 1. The molecule has 0 aliphatic carbocycles. The molecule has 0 unspecified atom stereocenters. The normalized spacial score (nSPS) is 11.1. The van der Waals surface area contributed by atoms with Crippen molar-refractivity contribution < 1.29 is 9.53 Å². The van der Waals surface area contributed by atoms with Crippen LogP contribution in [0.3, 0.4) is 0 Å². The van der Waals surface area contributed by atoms with Gasteiger partial charge in [0.2, 0.25) is 0 Å². The highest BCUT2D eigenvalue weighted by Gasteiger charge is 2.15. The first-order chi connectivity index (χ1) is 14.4. The summed E-state index contributed by atoms with van der Waals surface area (Å²) >= 11 is 19.5. The molecule has 6 nitrogen and oxygen atoms in total. The van der Waals surface area contributed by atoms with Crippen molar-refractivity contribution in [3.63, 3.8) is 0 Å². The van der Waals surface area contributed by atoms with Crippen LogP contribution in [0.15, 0.2) is 41.5 Å². The number of hydrogen-bond donors (Lipinski definition) is 2. The molecule has 0 bridgehead atoms. The summed E-state index contributed by atoms with van der Waals surface area (Å²) in [5.41, 5.74) is 10.2. The molecule has 3 N–H and O–H groups in total. The van der Waals surface area contributed by atoms with Crippen LogP contribution in [0.2, 0.25) is 15.1 Å². The molecule has 0 saturated heterocycles. The van der Waals surface area contributed by atoms with Gasteiger partial charge in [-0.2, -0.15) is 5.10 Å². The molecule has 0 radical (unpaired) electrons. The second-order valence-corrected chi connectivity index (χ2v) is 8.28. The minimum atomic E-state index is -0.340. The zero-order valence-electron chi connectivity index (χ0n) is 15.8. The van der Waals surface area contributed by atoms with E-state index >= 15 is 0 Å². The number of amides is 1. The Morgan fingerprint density at radius 2 is 1.90 bits per heavy atom. The topological polar surface area (TPSA) is 89.6 Å². The predicted molar refractivity (Wildman–Crippen MR) is 123 cm³/mol. The second kappa shape index (κ2) is 10.1. The zero-order valence-corrected chi connectivity index (χ0v) is 18.9. The summed E-state index contributed by atoms with van der Waals surface area (Å²) in [6, 6.07) is 10.5. The van der Waals surface area contributed by atoms with E-state index in [2.05, 4.69) is 15.5 Å². The first kappa shape index (κ1) is 22.4. The fraction of sp³-hybridized carbons (Fsp3) is 0.150. The smallest absolute Gasteiger partial charge is 0.283 e. The van der Waals surface area contributed by atoms with Crippen molar-refractivity contribution in [3.8, 4) is 5.75 Å². The van der Waals surface area contributed by atoms with Gasteiger partial charge < -0.3 is 10.5 Å². The Morgan fingerprint density at radius 3 is 2.60 bits per heavy atom. The van der Waals surface area contributed by atoms with E-state index in [0.29, 0.717) is 48.5 Å². The largest absolute Gasteiger partial charge is 0.489 e. The number of carbonyl (C=O) groups excluding carboxylic acids is 1. The third-order valence-corrected chi connectivity index (χ3v) is 6.16. The summed E-state index contributed by atoms with van der Waals surface area (Å²) in [6.45, 7) is 2.09. The Kier molecular flexibility index (Phi) is 7.55. The molecule has 0 fully saturated rings. The maximum absolute atomic E-state index is 12.2. The lowest BCUT2D eigenvalue weighted by Gasteiger charge is -2.10. The molecular weight excluding hydrogens is 467 g/mol. The molecule has 1 amide bonds. The first-order valence-corrected chi connectivity index (χ1v) is 10.8. The number of nitrogen functional groups attached to an aromatic ring is 1. The summed E-state index contributed by atoms with van der Waals surface area (Å²) in [4.78, 5) is 16.8. The van der Waals surface area contributed by atoms with Gasteiger partial charge in [0.15, 0.2) is 5.13 Å². The van der Waals surface area contributed by atoms with Crippen LogP contribution >= 0.6 is 46.1 Å². The van der Waals surface area contributed by atoms with Gasteiger partial charge in [-0.25, -0.2) is 10.4 Å². The average Bonchev–Trinajstić information content (AvgIpc) is 3.13. The minimum absolute atomic E-state index is 0.180. The monoisotopic (exact) mass is 482 g/mol. The van der Waals surface area contributed by atoms with Gasteiger partial charge >= 0.3 is 0 Å². The minimum Gasteiger partial charge on any atom is -0.489 e. The van der Waals surface area contributed by atoms with Gasteiger partial charge in [-0.1, -0.05) is 53.1 Å². The number of carbonyl (C=O) groups is 1. The van der Waals surface area contributed by atoms with Crippen molar-refractivity contribution in [2.75, 3.05) is 5.73 Å². The highest BCUT2D eigenvalue weighted by molar-refractivity contribution is 7.17. The number of hydrazone groups is 1. The Balaban J connectivity index is 1.58. The number of benzene rings is 2. The SMILES string of the molecule is CCc1nc(N)sc1C(=O)NN=Cc1ccc(OCc2c(Cl)ccc(Cl)c2Cl)cc1. The molecule has 2 aromatic carbocycles. The second-order valence-electron chi connectivity index (χ2n) is 6.06. The van der Waals surface area contributed by atoms with Gasteiger partial charge in [0.1, 0.15) is 17.2 Å². The van der Waals surface area contributed by atoms with E-state index < -0.39 is 0 Å². The van der Waals surface area contributed by atoms with Crippen LogP contribution in [-0.4, -0.2) is 17.1 Å². The number of aryl methyl sites for hydroxylation is 1. The van der Waals surface area contributed by atoms with Crippen molar-refractivity contribution in [1.29, 1.82) is 0 Å². The van der Waals surface area contributed by atoms with Gasteiger partial charge in [0.25, 0.3) is 5.91 Å². The van der Waals surface area contributed by atoms with Crippen molar-refractivity contribution in [2.24, 2.45) is 5.10 Å². The van der Waals surface area contributed by atoms with Crippen LogP contribution in [0.1, 0.15) is 33.4 Å². The lowest BCUT2D eigenvalue weighted by atomic mass is 10.2. The molecule has 0 aliphatic heterocycles. The molecule has 0 aliphatic rings. The van der Waals surface area contributed by atoms with Crippen molar-refractivity contribution in [1.82, 2.24) is 10.4 Å². The fourth-order valence-corrected chi connectivity index (χ4v) is 3.98. The van der Waals surface area contributed by atoms with E-state index in [1.807, 2.05) is 6.92 Å². The highest BCUT2D eigenvalue weighted by Crippen LogP contribution is 2.32. The van der Waals surface area contributed by atoms with Gasteiger partial charge in [0.05, 0.1) is 22.0 Å². The molecule has 30 heavy (non-hydrogen) atoms. The Morgan fingerprint density at radius 1 is 1.20 bits per heavy atom. The summed E-state index contributed by atoms with van der Waals surface area (Å²) in [5, 5.41) is 5.61. The molecule has 3 aromatic rings. The summed E-state index contributed by atoms with van der Waals surface area (Å²) in [5.74, 6) is 0.281. The summed E-state index contributed by atoms with van der Waals surface area (Å²) in [7, 11) is 0. The molecule has 3 rings (SSSR count). The van der Waals surface area contributed by atoms with Gasteiger partial charge in [-0.05, 0) is 48.4 Å². The van der Waals surface area contributed by atoms with Crippen molar-refractivity contribution in [2.45, 2.75) is 20.0 Å². The lowest BCUT2D eigenvalue weighted by Crippen LogP contribution is -2.17. The van der Waals surface area contributed by atoms with Gasteiger partial charge in [-0.15, -0.1) is 0 Å². The molecule has 10 heteroatoms.